The molecule has 0 aliphatic heterocycles. The highest BCUT2D eigenvalue weighted by Crippen LogP contribution is 2.63. The van der Waals surface area contributed by atoms with Crippen LogP contribution in [0.3, 0.4) is 0 Å². The fourth-order valence-corrected chi connectivity index (χ4v) is 2.67. The van der Waals surface area contributed by atoms with Crippen molar-refractivity contribution in [3.8, 4) is 0 Å². The predicted octanol–water partition coefficient (Wildman–Crippen LogP) is 2.33. The molecule has 0 spiro atoms. The summed E-state index contributed by atoms with van der Waals surface area (Å²) in [6.45, 7) is 1.64. The van der Waals surface area contributed by atoms with E-state index in [1.54, 1.807) is 6.92 Å². The quantitative estimate of drug-likeness (QED) is 0.491. The van der Waals surface area contributed by atoms with Crippen LogP contribution in [-0.2, 0) is 4.79 Å². The Hall–Kier alpha value is -1.37. The third-order valence-corrected chi connectivity index (χ3v) is 4.81. The lowest BCUT2D eigenvalue weighted by atomic mass is 10.1. The number of hydrogen-bond donors (Lipinski definition) is 2. The summed E-state index contributed by atoms with van der Waals surface area (Å²) in [6.07, 6.45) is -0.597. The van der Waals surface area contributed by atoms with Gasteiger partial charge in [-0.05, 0) is 31.0 Å². The topological polar surface area (TPSA) is 92.5 Å². The van der Waals surface area contributed by atoms with E-state index >= 15 is 0 Å². The molecule has 1 aliphatic carbocycles. The van der Waals surface area contributed by atoms with E-state index in [0.29, 0.717) is 12.0 Å². The van der Waals surface area contributed by atoms with Crippen molar-refractivity contribution >= 4 is 34.8 Å². The molecule has 1 aliphatic rings. The zero-order valence-electron chi connectivity index (χ0n) is 11.2. The number of nitrogens with zero attached hydrogens (tertiary/aromatic N) is 1. The van der Waals surface area contributed by atoms with Crippen molar-refractivity contribution in [1.82, 2.24) is 5.32 Å². The summed E-state index contributed by atoms with van der Waals surface area (Å²) in [5.74, 6) is -0.325. The van der Waals surface area contributed by atoms with E-state index < -0.39 is 20.8 Å². The number of carbonyl (C=O) groups is 1. The molecule has 114 valence electrons. The SMILES string of the molecule is CC1(C(=O)NCC(O)c2ccc([N+](=O)[O-])cc2)CC1(Cl)Cl. The van der Waals surface area contributed by atoms with Gasteiger partial charge in [0, 0.05) is 18.7 Å². The predicted molar refractivity (Wildman–Crippen MR) is 78.2 cm³/mol. The van der Waals surface area contributed by atoms with Gasteiger partial charge in [0.15, 0.2) is 0 Å². The van der Waals surface area contributed by atoms with Gasteiger partial charge in [0.25, 0.3) is 5.69 Å². The summed E-state index contributed by atoms with van der Waals surface area (Å²) in [5, 5.41) is 23.1. The number of aliphatic hydroxyl groups excluding tert-OH is 1. The Morgan fingerprint density at radius 3 is 2.43 bits per heavy atom. The van der Waals surface area contributed by atoms with Gasteiger partial charge in [0.2, 0.25) is 5.91 Å². The van der Waals surface area contributed by atoms with Crippen molar-refractivity contribution in [2.45, 2.75) is 23.8 Å². The molecule has 1 aromatic rings. The van der Waals surface area contributed by atoms with Crippen LogP contribution in [0.25, 0.3) is 0 Å². The van der Waals surface area contributed by atoms with Gasteiger partial charge in [-0.2, -0.15) is 0 Å². The normalized spacial score (nSPS) is 24.2. The highest BCUT2D eigenvalue weighted by molar-refractivity contribution is 6.53. The lowest BCUT2D eigenvalue weighted by Crippen LogP contribution is -2.36. The number of alkyl halides is 2. The van der Waals surface area contributed by atoms with Gasteiger partial charge in [-0.3, -0.25) is 14.9 Å². The van der Waals surface area contributed by atoms with E-state index in [-0.39, 0.29) is 18.1 Å². The zero-order chi connectivity index (χ0) is 15.8. The Morgan fingerprint density at radius 1 is 1.48 bits per heavy atom. The minimum atomic E-state index is -1.06. The largest absolute Gasteiger partial charge is 0.387 e. The van der Waals surface area contributed by atoms with Crippen LogP contribution in [-0.4, -0.2) is 26.8 Å². The van der Waals surface area contributed by atoms with Crippen molar-refractivity contribution in [3.63, 3.8) is 0 Å². The van der Waals surface area contributed by atoms with Gasteiger partial charge < -0.3 is 10.4 Å². The first-order valence-corrected chi connectivity index (χ1v) is 7.01. The van der Waals surface area contributed by atoms with Crippen molar-refractivity contribution in [3.05, 3.63) is 39.9 Å². The number of aliphatic hydroxyl groups is 1. The molecule has 1 amide bonds. The van der Waals surface area contributed by atoms with Gasteiger partial charge in [0.05, 0.1) is 16.4 Å². The Bertz CT molecular complexity index is 576. The van der Waals surface area contributed by atoms with Crippen molar-refractivity contribution in [2.75, 3.05) is 6.54 Å². The summed E-state index contributed by atoms with van der Waals surface area (Å²) in [7, 11) is 0. The molecule has 1 saturated carbocycles. The maximum Gasteiger partial charge on any atom is 0.269 e. The molecule has 1 fully saturated rings. The van der Waals surface area contributed by atoms with E-state index in [1.807, 2.05) is 0 Å². The zero-order valence-corrected chi connectivity index (χ0v) is 12.7. The minimum absolute atomic E-state index is 0.0178. The standard InChI is InChI=1S/C13H14Cl2N2O4/c1-12(7-13(12,14)15)11(19)16-6-10(18)8-2-4-9(5-3-8)17(20)21/h2-5,10,18H,6-7H2,1H3,(H,16,19). The molecule has 0 radical (unpaired) electrons. The second-order valence-corrected chi connectivity index (χ2v) is 6.77. The van der Waals surface area contributed by atoms with Crippen molar-refractivity contribution < 1.29 is 14.8 Å². The summed E-state index contributed by atoms with van der Waals surface area (Å²) in [4.78, 5) is 22.0. The summed E-state index contributed by atoms with van der Waals surface area (Å²) in [6, 6.07) is 5.48. The molecule has 0 saturated heterocycles. The van der Waals surface area contributed by atoms with Crippen LogP contribution in [0.5, 0.6) is 0 Å². The first-order chi connectivity index (χ1) is 9.67. The highest BCUT2D eigenvalue weighted by atomic mass is 35.5. The van der Waals surface area contributed by atoms with Crippen LogP contribution < -0.4 is 5.32 Å². The fourth-order valence-electron chi connectivity index (χ4n) is 1.97. The monoisotopic (exact) mass is 332 g/mol. The van der Waals surface area contributed by atoms with Crippen molar-refractivity contribution in [2.24, 2.45) is 5.41 Å². The second kappa shape index (κ2) is 5.44. The summed E-state index contributed by atoms with van der Waals surface area (Å²) in [5.41, 5.74) is -0.426. The number of nitrogens with one attached hydrogen (secondary N) is 1. The number of benzene rings is 1. The number of amides is 1. The molecular formula is C13H14Cl2N2O4. The molecular weight excluding hydrogens is 319 g/mol. The first kappa shape index (κ1) is 16.0. The molecule has 21 heavy (non-hydrogen) atoms. The highest BCUT2D eigenvalue weighted by Gasteiger charge is 2.67. The molecule has 1 aromatic carbocycles. The Kier molecular flexibility index (Phi) is 4.15. The van der Waals surface area contributed by atoms with E-state index in [9.17, 15) is 20.0 Å². The third kappa shape index (κ3) is 3.12. The van der Waals surface area contributed by atoms with Crippen LogP contribution in [0.2, 0.25) is 0 Å². The number of hydrogen-bond acceptors (Lipinski definition) is 4. The molecule has 0 aromatic heterocycles. The van der Waals surface area contributed by atoms with Crippen LogP contribution in [0.1, 0.15) is 25.0 Å². The average molecular weight is 333 g/mol. The number of carbonyl (C=O) groups excluding carboxylic acids is 1. The van der Waals surface area contributed by atoms with Crippen LogP contribution in [0, 0.1) is 15.5 Å². The molecule has 0 bridgehead atoms. The summed E-state index contributed by atoms with van der Waals surface area (Å²) >= 11 is 11.8. The number of halogens is 2. The number of non-ortho nitro benzene ring substituents is 1. The smallest absolute Gasteiger partial charge is 0.269 e. The first-order valence-electron chi connectivity index (χ1n) is 6.26. The molecule has 2 rings (SSSR count). The molecule has 2 atom stereocenters. The second-order valence-electron chi connectivity index (χ2n) is 5.29. The molecule has 6 nitrogen and oxygen atoms in total. The lowest BCUT2D eigenvalue weighted by molar-refractivity contribution is -0.384. The average Bonchev–Trinajstić information content (AvgIpc) is 2.96. The van der Waals surface area contributed by atoms with E-state index in [2.05, 4.69) is 5.32 Å². The third-order valence-electron chi connectivity index (χ3n) is 3.70. The molecule has 2 N–H and O–H groups in total. The van der Waals surface area contributed by atoms with E-state index in [1.165, 1.54) is 24.3 Å². The van der Waals surface area contributed by atoms with Gasteiger partial charge in [-0.1, -0.05) is 0 Å². The van der Waals surface area contributed by atoms with Gasteiger partial charge >= 0.3 is 0 Å². The van der Waals surface area contributed by atoms with Crippen LogP contribution in [0.15, 0.2) is 24.3 Å². The molecule has 8 heteroatoms. The van der Waals surface area contributed by atoms with Gasteiger partial charge in [0.1, 0.15) is 4.33 Å². The maximum absolute atomic E-state index is 11.9. The number of nitro groups is 1. The van der Waals surface area contributed by atoms with Crippen LogP contribution in [0.4, 0.5) is 5.69 Å². The number of rotatable bonds is 5. The fraction of sp³-hybridized carbons (Fsp3) is 0.462. The van der Waals surface area contributed by atoms with Crippen molar-refractivity contribution in [1.29, 1.82) is 0 Å². The van der Waals surface area contributed by atoms with E-state index in [4.69, 9.17) is 23.2 Å². The molecule has 0 heterocycles. The van der Waals surface area contributed by atoms with Crippen LogP contribution >= 0.6 is 23.2 Å². The van der Waals surface area contributed by atoms with Gasteiger partial charge in [-0.15, -0.1) is 23.2 Å². The Morgan fingerprint density at radius 2 is 2.00 bits per heavy atom. The minimum Gasteiger partial charge on any atom is -0.387 e. The Labute approximate surface area is 131 Å². The van der Waals surface area contributed by atoms with E-state index in [0.717, 1.165) is 0 Å². The Balaban J connectivity index is 1.92. The lowest BCUT2D eigenvalue weighted by Gasteiger charge is -2.16. The molecule has 2 unspecified atom stereocenters. The maximum atomic E-state index is 11.9. The van der Waals surface area contributed by atoms with Gasteiger partial charge in [-0.25, -0.2) is 0 Å². The summed E-state index contributed by atoms with van der Waals surface area (Å²) < 4.78 is -1.06. The number of nitro benzene ring substituents is 1.